The number of nitrogens with two attached hydrogens (primary N) is 1. The van der Waals surface area contributed by atoms with Crippen LogP contribution < -0.4 is 10.6 Å². The molecule has 1 amide bonds. The number of carbonyl (C=O) groups is 1. The minimum absolute atomic E-state index is 0.228. The van der Waals surface area contributed by atoms with E-state index < -0.39 is 0 Å². The lowest BCUT2D eigenvalue weighted by Gasteiger charge is -2.17. The molecule has 1 aromatic rings. The fraction of sp³-hybridized carbons (Fsp3) is 0.462. The third-order valence-corrected chi connectivity index (χ3v) is 3.05. The summed E-state index contributed by atoms with van der Waals surface area (Å²) in [6.07, 6.45) is 3.62. The average molecular weight is 218 g/mol. The van der Waals surface area contributed by atoms with E-state index in [0.717, 1.165) is 37.2 Å². The van der Waals surface area contributed by atoms with E-state index in [9.17, 15) is 4.79 Å². The van der Waals surface area contributed by atoms with Gasteiger partial charge in [0, 0.05) is 24.3 Å². The molecule has 3 nitrogen and oxygen atoms in total. The predicted molar refractivity (Wildman–Crippen MR) is 66.4 cm³/mol. The number of carbonyl (C=O) groups excluding carboxylic acids is 1. The standard InChI is InChI=1S/C13H18N2O/c1-2-3-4-13(16)15-8-7-10-5-6-11(14)9-12(10)15/h5-6,9H,2-4,7-8,14H2,1H3. The van der Waals surface area contributed by atoms with E-state index in [1.54, 1.807) is 0 Å². The van der Waals surface area contributed by atoms with E-state index >= 15 is 0 Å². The van der Waals surface area contributed by atoms with Gasteiger partial charge in [0.1, 0.15) is 0 Å². The molecular weight excluding hydrogens is 200 g/mol. The van der Waals surface area contributed by atoms with Crippen molar-refractivity contribution in [3.8, 4) is 0 Å². The van der Waals surface area contributed by atoms with Crippen LogP contribution in [-0.2, 0) is 11.2 Å². The molecule has 1 heterocycles. The van der Waals surface area contributed by atoms with Crippen molar-refractivity contribution in [2.24, 2.45) is 0 Å². The first kappa shape index (κ1) is 11.0. The number of hydrogen-bond donors (Lipinski definition) is 1. The number of nitrogen functional groups attached to an aromatic ring is 1. The molecule has 0 bridgehead atoms. The van der Waals surface area contributed by atoms with Crippen LogP contribution in [0.25, 0.3) is 0 Å². The Kier molecular flexibility index (Phi) is 3.13. The Morgan fingerprint density at radius 1 is 1.50 bits per heavy atom. The SMILES string of the molecule is CCCCC(=O)N1CCc2ccc(N)cc21. The van der Waals surface area contributed by atoms with Gasteiger partial charge in [0.25, 0.3) is 0 Å². The summed E-state index contributed by atoms with van der Waals surface area (Å²) in [6, 6.07) is 5.84. The maximum atomic E-state index is 12.0. The number of fused-ring (bicyclic) bond motifs is 1. The highest BCUT2D eigenvalue weighted by Gasteiger charge is 2.23. The van der Waals surface area contributed by atoms with Crippen molar-refractivity contribution >= 4 is 17.3 Å². The van der Waals surface area contributed by atoms with E-state index in [-0.39, 0.29) is 5.91 Å². The van der Waals surface area contributed by atoms with Gasteiger partial charge >= 0.3 is 0 Å². The van der Waals surface area contributed by atoms with Gasteiger partial charge in [0.2, 0.25) is 5.91 Å². The predicted octanol–water partition coefficient (Wildman–Crippen LogP) is 2.35. The molecule has 0 unspecified atom stereocenters. The molecule has 0 fully saturated rings. The minimum Gasteiger partial charge on any atom is -0.399 e. The first-order valence-electron chi connectivity index (χ1n) is 5.91. The van der Waals surface area contributed by atoms with Gasteiger partial charge < -0.3 is 10.6 Å². The van der Waals surface area contributed by atoms with Crippen molar-refractivity contribution < 1.29 is 4.79 Å². The Bertz CT molecular complexity index is 401. The van der Waals surface area contributed by atoms with Crippen LogP contribution >= 0.6 is 0 Å². The number of unbranched alkanes of at least 4 members (excludes halogenated alkanes) is 1. The van der Waals surface area contributed by atoms with Crippen LogP contribution in [0.2, 0.25) is 0 Å². The van der Waals surface area contributed by atoms with Crippen molar-refractivity contribution in [2.75, 3.05) is 17.2 Å². The molecule has 0 aromatic heterocycles. The molecule has 3 heteroatoms. The molecule has 0 atom stereocenters. The Balaban J connectivity index is 2.16. The second-order valence-corrected chi connectivity index (χ2v) is 4.29. The van der Waals surface area contributed by atoms with Crippen LogP contribution in [-0.4, -0.2) is 12.5 Å². The Morgan fingerprint density at radius 2 is 2.31 bits per heavy atom. The molecule has 1 aromatic carbocycles. The van der Waals surface area contributed by atoms with E-state index in [0.29, 0.717) is 6.42 Å². The van der Waals surface area contributed by atoms with Crippen LogP contribution in [0.15, 0.2) is 18.2 Å². The summed E-state index contributed by atoms with van der Waals surface area (Å²) in [5, 5.41) is 0. The van der Waals surface area contributed by atoms with Crippen molar-refractivity contribution in [1.82, 2.24) is 0 Å². The lowest BCUT2D eigenvalue weighted by molar-refractivity contribution is -0.118. The summed E-state index contributed by atoms with van der Waals surface area (Å²) in [5.74, 6) is 0.228. The number of rotatable bonds is 3. The third kappa shape index (κ3) is 2.03. The quantitative estimate of drug-likeness (QED) is 0.791. The van der Waals surface area contributed by atoms with Gasteiger partial charge in [-0.25, -0.2) is 0 Å². The second kappa shape index (κ2) is 4.56. The van der Waals surface area contributed by atoms with Crippen LogP contribution in [0.5, 0.6) is 0 Å². The molecule has 86 valence electrons. The van der Waals surface area contributed by atoms with Gasteiger partial charge in [0.15, 0.2) is 0 Å². The monoisotopic (exact) mass is 218 g/mol. The summed E-state index contributed by atoms with van der Waals surface area (Å²) in [5.41, 5.74) is 8.74. The van der Waals surface area contributed by atoms with Gasteiger partial charge in [0.05, 0.1) is 0 Å². The first-order valence-corrected chi connectivity index (χ1v) is 5.91. The van der Waals surface area contributed by atoms with Crippen LogP contribution in [0.4, 0.5) is 11.4 Å². The van der Waals surface area contributed by atoms with Gasteiger partial charge in [-0.1, -0.05) is 19.4 Å². The first-order chi connectivity index (χ1) is 7.72. The Morgan fingerprint density at radius 3 is 3.06 bits per heavy atom. The average Bonchev–Trinajstić information content (AvgIpc) is 2.68. The smallest absolute Gasteiger partial charge is 0.226 e. The molecule has 0 saturated heterocycles. The molecule has 1 aliphatic heterocycles. The van der Waals surface area contributed by atoms with Crippen LogP contribution in [0, 0.1) is 0 Å². The Hall–Kier alpha value is -1.51. The van der Waals surface area contributed by atoms with Gasteiger partial charge in [-0.15, -0.1) is 0 Å². The highest BCUT2D eigenvalue weighted by atomic mass is 16.2. The number of anilines is 2. The van der Waals surface area contributed by atoms with Crippen molar-refractivity contribution in [3.63, 3.8) is 0 Å². The molecule has 16 heavy (non-hydrogen) atoms. The normalized spacial score (nSPS) is 13.9. The van der Waals surface area contributed by atoms with Crippen molar-refractivity contribution in [2.45, 2.75) is 32.6 Å². The summed E-state index contributed by atoms with van der Waals surface area (Å²) >= 11 is 0. The lowest BCUT2D eigenvalue weighted by atomic mass is 10.1. The topological polar surface area (TPSA) is 46.3 Å². The molecule has 2 rings (SSSR count). The highest BCUT2D eigenvalue weighted by molar-refractivity contribution is 5.95. The zero-order chi connectivity index (χ0) is 11.5. The third-order valence-electron chi connectivity index (χ3n) is 3.05. The largest absolute Gasteiger partial charge is 0.399 e. The molecule has 2 N–H and O–H groups in total. The van der Waals surface area contributed by atoms with E-state index in [4.69, 9.17) is 5.73 Å². The van der Waals surface area contributed by atoms with Crippen molar-refractivity contribution in [1.29, 1.82) is 0 Å². The zero-order valence-electron chi connectivity index (χ0n) is 9.70. The number of benzene rings is 1. The molecule has 1 aliphatic rings. The maximum Gasteiger partial charge on any atom is 0.226 e. The molecular formula is C13H18N2O. The number of nitrogens with zero attached hydrogens (tertiary/aromatic N) is 1. The van der Waals surface area contributed by atoms with Crippen LogP contribution in [0.1, 0.15) is 31.7 Å². The molecule has 0 spiro atoms. The maximum absolute atomic E-state index is 12.0. The number of amides is 1. The number of hydrogen-bond acceptors (Lipinski definition) is 2. The summed E-state index contributed by atoms with van der Waals surface area (Å²) in [4.78, 5) is 13.8. The van der Waals surface area contributed by atoms with Crippen molar-refractivity contribution in [3.05, 3.63) is 23.8 Å². The van der Waals surface area contributed by atoms with Gasteiger partial charge in [-0.2, -0.15) is 0 Å². The summed E-state index contributed by atoms with van der Waals surface area (Å²) < 4.78 is 0. The van der Waals surface area contributed by atoms with Gasteiger partial charge in [-0.3, -0.25) is 4.79 Å². The molecule has 0 radical (unpaired) electrons. The second-order valence-electron chi connectivity index (χ2n) is 4.29. The lowest BCUT2D eigenvalue weighted by Crippen LogP contribution is -2.28. The summed E-state index contributed by atoms with van der Waals surface area (Å²) in [7, 11) is 0. The highest BCUT2D eigenvalue weighted by Crippen LogP contribution is 2.30. The molecule has 0 saturated carbocycles. The van der Waals surface area contributed by atoms with E-state index in [2.05, 4.69) is 6.92 Å². The fourth-order valence-electron chi connectivity index (χ4n) is 2.12. The van der Waals surface area contributed by atoms with Crippen LogP contribution in [0.3, 0.4) is 0 Å². The summed E-state index contributed by atoms with van der Waals surface area (Å²) in [6.45, 7) is 2.91. The van der Waals surface area contributed by atoms with E-state index in [1.807, 2.05) is 23.1 Å². The Labute approximate surface area is 96.2 Å². The van der Waals surface area contributed by atoms with Gasteiger partial charge in [-0.05, 0) is 30.5 Å². The molecule has 0 aliphatic carbocycles. The fourth-order valence-corrected chi connectivity index (χ4v) is 2.12. The minimum atomic E-state index is 0.228. The van der Waals surface area contributed by atoms with E-state index in [1.165, 1.54) is 5.56 Å². The zero-order valence-corrected chi connectivity index (χ0v) is 9.70.